The quantitative estimate of drug-likeness (QED) is 0.466. The van der Waals surface area contributed by atoms with Crippen LogP contribution in [0.1, 0.15) is 52.0 Å². The molecule has 0 fully saturated rings. The van der Waals surface area contributed by atoms with Crippen LogP contribution >= 0.6 is 11.3 Å². The topological polar surface area (TPSA) is 62.6 Å². The molecular formula is C22H23FN2O3S. The van der Waals surface area contributed by atoms with Crippen molar-refractivity contribution >= 4 is 28.2 Å². The summed E-state index contributed by atoms with van der Waals surface area (Å²) in [5, 5.41) is 3.31. The maximum absolute atomic E-state index is 13.2. The van der Waals surface area contributed by atoms with E-state index in [2.05, 4.69) is 12.2 Å². The van der Waals surface area contributed by atoms with Crippen molar-refractivity contribution in [1.29, 1.82) is 0 Å². The molecule has 3 aromatic rings. The van der Waals surface area contributed by atoms with Gasteiger partial charge < -0.3 is 14.6 Å². The normalized spacial score (nSPS) is 10.7. The fourth-order valence-corrected chi connectivity index (χ4v) is 3.74. The molecule has 2 heterocycles. The Hall–Kier alpha value is -2.93. The van der Waals surface area contributed by atoms with Crippen molar-refractivity contribution in [3.63, 3.8) is 0 Å². The molecule has 29 heavy (non-hydrogen) atoms. The molecule has 1 N–H and O–H groups in total. The Kier molecular flexibility index (Phi) is 7.19. The van der Waals surface area contributed by atoms with Crippen LogP contribution in [-0.4, -0.2) is 23.3 Å². The summed E-state index contributed by atoms with van der Waals surface area (Å²) in [7, 11) is 0. The molecule has 0 atom stereocenters. The van der Waals surface area contributed by atoms with Crippen molar-refractivity contribution in [2.24, 2.45) is 0 Å². The monoisotopic (exact) mass is 414 g/mol. The van der Waals surface area contributed by atoms with E-state index in [4.69, 9.17) is 4.42 Å². The second kappa shape index (κ2) is 10.0. The molecule has 3 rings (SSSR count). The number of nitrogens with one attached hydrogen (secondary N) is 1. The molecule has 2 amide bonds. The van der Waals surface area contributed by atoms with E-state index >= 15 is 0 Å². The first kappa shape index (κ1) is 20.8. The van der Waals surface area contributed by atoms with E-state index < -0.39 is 0 Å². The number of benzene rings is 1. The van der Waals surface area contributed by atoms with Gasteiger partial charge >= 0.3 is 0 Å². The lowest BCUT2D eigenvalue weighted by Crippen LogP contribution is -2.31. The summed E-state index contributed by atoms with van der Waals surface area (Å²) in [5.74, 6) is -0.549. The summed E-state index contributed by atoms with van der Waals surface area (Å²) in [6.45, 7) is 3.14. The van der Waals surface area contributed by atoms with Crippen molar-refractivity contribution in [3.05, 3.63) is 76.8 Å². The van der Waals surface area contributed by atoms with Crippen LogP contribution in [0.15, 0.2) is 59.2 Å². The van der Waals surface area contributed by atoms with E-state index in [0.717, 1.165) is 24.8 Å². The van der Waals surface area contributed by atoms with E-state index in [-0.39, 0.29) is 23.4 Å². The predicted molar refractivity (Wildman–Crippen MR) is 112 cm³/mol. The van der Waals surface area contributed by atoms with E-state index in [9.17, 15) is 14.0 Å². The molecule has 152 valence electrons. The highest BCUT2D eigenvalue weighted by molar-refractivity contribution is 7.18. The second-order valence-corrected chi connectivity index (χ2v) is 7.74. The van der Waals surface area contributed by atoms with Gasteiger partial charge in [0.1, 0.15) is 5.82 Å². The summed E-state index contributed by atoms with van der Waals surface area (Å²) in [6, 6.07) is 12.8. The van der Waals surface area contributed by atoms with Crippen LogP contribution in [0.2, 0.25) is 0 Å². The van der Waals surface area contributed by atoms with Crippen molar-refractivity contribution in [3.8, 4) is 0 Å². The first-order valence-corrected chi connectivity index (χ1v) is 10.4. The Bertz CT molecular complexity index is 935. The standard InChI is InChI=1S/C22H23FN2O3S/c1-2-3-4-13-25(15-16-7-9-17(23)10-8-16)22(27)19-11-12-20(29-19)24-21(26)18-6-5-14-28-18/h5-12,14H,2-4,13,15H2,1H3,(H,24,26). The van der Waals surface area contributed by atoms with Gasteiger partial charge in [-0.15, -0.1) is 11.3 Å². The molecule has 7 heteroatoms. The number of anilines is 1. The fourth-order valence-electron chi connectivity index (χ4n) is 2.87. The number of amides is 2. The van der Waals surface area contributed by atoms with Crippen LogP contribution in [0.25, 0.3) is 0 Å². The third-order valence-corrected chi connectivity index (χ3v) is 5.39. The third-order valence-electron chi connectivity index (χ3n) is 4.40. The summed E-state index contributed by atoms with van der Waals surface area (Å²) in [6.07, 6.45) is 4.42. The average Bonchev–Trinajstić information content (AvgIpc) is 3.40. The molecule has 0 bridgehead atoms. The maximum atomic E-state index is 13.2. The van der Waals surface area contributed by atoms with Crippen LogP contribution in [0.3, 0.4) is 0 Å². The van der Waals surface area contributed by atoms with Gasteiger partial charge in [-0.25, -0.2) is 4.39 Å². The zero-order valence-electron chi connectivity index (χ0n) is 16.2. The van der Waals surface area contributed by atoms with Gasteiger partial charge in [0, 0.05) is 13.1 Å². The molecule has 0 saturated carbocycles. The van der Waals surface area contributed by atoms with Gasteiger partial charge in [0.25, 0.3) is 11.8 Å². The molecule has 1 aromatic carbocycles. The Balaban J connectivity index is 1.70. The largest absolute Gasteiger partial charge is 0.459 e. The lowest BCUT2D eigenvalue weighted by molar-refractivity contribution is 0.0744. The molecule has 2 aromatic heterocycles. The third kappa shape index (κ3) is 5.77. The number of unbranched alkanes of at least 4 members (excludes halogenated alkanes) is 2. The van der Waals surface area contributed by atoms with Gasteiger partial charge in [-0.2, -0.15) is 0 Å². The van der Waals surface area contributed by atoms with Crippen LogP contribution in [0, 0.1) is 5.82 Å². The van der Waals surface area contributed by atoms with Crippen LogP contribution in [0.4, 0.5) is 9.39 Å². The smallest absolute Gasteiger partial charge is 0.291 e. The highest BCUT2D eigenvalue weighted by Crippen LogP contribution is 2.25. The minimum Gasteiger partial charge on any atom is -0.459 e. The SMILES string of the molecule is CCCCCN(Cc1ccc(F)cc1)C(=O)c1ccc(NC(=O)c2ccco2)s1. The van der Waals surface area contributed by atoms with Gasteiger partial charge in [-0.3, -0.25) is 9.59 Å². The maximum Gasteiger partial charge on any atom is 0.291 e. The molecule has 0 unspecified atom stereocenters. The van der Waals surface area contributed by atoms with Crippen LogP contribution in [0.5, 0.6) is 0 Å². The zero-order chi connectivity index (χ0) is 20.6. The van der Waals surface area contributed by atoms with E-state index in [1.165, 1.54) is 29.7 Å². The Morgan fingerprint density at radius 3 is 2.59 bits per heavy atom. The van der Waals surface area contributed by atoms with Crippen molar-refractivity contribution in [1.82, 2.24) is 4.90 Å². The molecular weight excluding hydrogens is 391 g/mol. The highest BCUT2D eigenvalue weighted by atomic mass is 32.1. The molecule has 5 nitrogen and oxygen atoms in total. The molecule has 0 radical (unpaired) electrons. The average molecular weight is 415 g/mol. The number of halogens is 1. The summed E-state index contributed by atoms with van der Waals surface area (Å²) >= 11 is 1.22. The van der Waals surface area contributed by atoms with Gasteiger partial charge in [0.05, 0.1) is 16.1 Å². The number of furan rings is 1. The Morgan fingerprint density at radius 2 is 1.90 bits per heavy atom. The van der Waals surface area contributed by atoms with Crippen molar-refractivity contribution < 1.29 is 18.4 Å². The van der Waals surface area contributed by atoms with E-state index in [1.54, 1.807) is 41.3 Å². The number of rotatable bonds is 9. The van der Waals surface area contributed by atoms with Crippen molar-refractivity contribution in [2.45, 2.75) is 32.7 Å². The van der Waals surface area contributed by atoms with Crippen LogP contribution < -0.4 is 5.32 Å². The number of thiophene rings is 1. The van der Waals surface area contributed by atoms with Gasteiger partial charge in [0.15, 0.2) is 5.76 Å². The number of carbonyl (C=O) groups is 2. The minimum atomic E-state index is -0.359. The summed E-state index contributed by atoms with van der Waals surface area (Å²) in [5.41, 5.74) is 0.874. The lowest BCUT2D eigenvalue weighted by atomic mass is 10.2. The number of carbonyl (C=O) groups excluding carboxylic acids is 2. The number of hydrogen-bond donors (Lipinski definition) is 1. The number of nitrogens with zero attached hydrogens (tertiary/aromatic N) is 1. The minimum absolute atomic E-state index is 0.103. The van der Waals surface area contributed by atoms with Gasteiger partial charge in [-0.05, 0) is 48.4 Å². The van der Waals surface area contributed by atoms with E-state index in [1.807, 2.05) is 0 Å². The van der Waals surface area contributed by atoms with E-state index in [0.29, 0.717) is 23.0 Å². The fraction of sp³-hybridized carbons (Fsp3) is 0.273. The highest BCUT2D eigenvalue weighted by Gasteiger charge is 2.19. The molecule has 0 spiro atoms. The molecule has 0 saturated heterocycles. The zero-order valence-corrected chi connectivity index (χ0v) is 17.0. The lowest BCUT2D eigenvalue weighted by Gasteiger charge is -2.22. The van der Waals surface area contributed by atoms with Gasteiger partial charge in [0.2, 0.25) is 0 Å². The van der Waals surface area contributed by atoms with Crippen molar-refractivity contribution in [2.75, 3.05) is 11.9 Å². The van der Waals surface area contributed by atoms with Gasteiger partial charge in [-0.1, -0.05) is 31.9 Å². The Morgan fingerprint density at radius 1 is 1.10 bits per heavy atom. The Labute approximate surface area is 173 Å². The predicted octanol–water partition coefficient (Wildman–Crippen LogP) is 5.57. The summed E-state index contributed by atoms with van der Waals surface area (Å²) < 4.78 is 18.3. The second-order valence-electron chi connectivity index (χ2n) is 6.66. The summed E-state index contributed by atoms with van der Waals surface area (Å²) in [4.78, 5) is 27.5. The molecule has 0 aliphatic rings. The first-order chi connectivity index (χ1) is 14.1. The molecule has 0 aliphatic carbocycles. The van der Waals surface area contributed by atoms with Crippen LogP contribution in [-0.2, 0) is 6.54 Å². The molecule has 0 aliphatic heterocycles. The number of hydrogen-bond acceptors (Lipinski definition) is 4. The first-order valence-electron chi connectivity index (χ1n) is 9.55.